The van der Waals surface area contributed by atoms with E-state index in [1.807, 2.05) is 24.3 Å². The first-order chi connectivity index (χ1) is 19.3. The summed E-state index contributed by atoms with van der Waals surface area (Å²) in [6.07, 6.45) is 5.64. The predicted octanol–water partition coefficient (Wildman–Crippen LogP) is 7.10. The minimum atomic E-state index is -0.830. The van der Waals surface area contributed by atoms with E-state index in [4.69, 9.17) is 16.3 Å². The van der Waals surface area contributed by atoms with Gasteiger partial charge in [-0.25, -0.2) is 8.78 Å². The van der Waals surface area contributed by atoms with E-state index < -0.39 is 11.6 Å². The molecule has 9 heteroatoms. The van der Waals surface area contributed by atoms with E-state index in [9.17, 15) is 18.4 Å². The SMILES string of the molecule is COC(=O)Cc1ccc2c(c1)NC(=O)CCCCC(c1ccc(-c3c(F)ccc(Cl)c3F)cn1)c1cc-2ccn1. The van der Waals surface area contributed by atoms with Crippen molar-refractivity contribution in [2.45, 2.75) is 38.0 Å². The van der Waals surface area contributed by atoms with Gasteiger partial charge in [-0.3, -0.25) is 19.6 Å². The minimum absolute atomic E-state index is 0.0912. The van der Waals surface area contributed by atoms with Crippen LogP contribution in [0, 0.1) is 11.6 Å². The zero-order valence-electron chi connectivity index (χ0n) is 21.7. The highest BCUT2D eigenvalue weighted by molar-refractivity contribution is 6.31. The number of rotatable bonds is 4. The molecule has 204 valence electrons. The van der Waals surface area contributed by atoms with Crippen molar-refractivity contribution in [3.8, 4) is 22.3 Å². The number of nitrogens with zero attached hydrogens (tertiary/aromatic N) is 2. The molecule has 0 saturated carbocycles. The molecule has 0 fully saturated rings. The third kappa shape index (κ3) is 5.87. The van der Waals surface area contributed by atoms with Crippen LogP contribution in [-0.4, -0.2) is 29.0 Å². The molecule has 1 amide bonds. The number of nitrogens with one attached hydrogen (secondary N) is 1. The molecule has 4 aromatic rings. The molecule has 2 aromatic carbocycles. The van der Waals surface area contributed by atoms with Crippen LogP contribution in [0.3, 0.4) is 0 Å². The van der Waals surface area contributed by atoms with Crippen LogP contribution in [0.5, 0.6) is 0 Å². The van der Waals surface area contributed by atoms with Crippen molar-refractivity contribution >= 4 is 29.2 Å². The quantitative estimate of drug-likeness (QED) is 0.212. The van der Waals surface area contributed by atoms with Crippen LogP contribution in [0.15, 0.2) is 67.0 Å². The van der Waals surface area contributed by atoms with Gasteiger partial charge in [0.15, 0.2) is 5.82 Å². The molecule has 0 spiro atoms. The van der Waals surface area contributed by atoms with Crippen molar-refractivity contribution < 1.29 is 23.1 Å². The number of carbonyl (C=O) groups excluding carboxylic acids is 2. The lowest BCUT2D eigenvalue weighted by Crippen LogP contribution is -2.14. The summed E-state index contributed by atoms with van der Waals surface area (Å²) in [5.41, 5.74) is 4.51. The van der Waals surface area contributed by atoms with Gasteiger partial charge in [-0.2, -0.15) is 0 Å². The Morgan fingerprint density at radius 1 is 1.02 bits per heavy atom. The van der Waals surface area contributed by atoms with E-state index in [0.717, 1.165) is 34.9 Å². The molecule has 5 rings (SSSR count). The Bertz CT molecular complexity index is 1580. The molecule has 1 aliphatic heterocycles. The number of ether oxygens (including phenoxy) is 1. The van der Waals surface area contributed by atoms with Crippen LogP contribution >= 0.6 is 11.6 Å². The summed E-state index contributed by atoms with van der Waals surface area (Å²) < 4.78 is 33.8. The second-order valence-corrected chi connectivity index (χ2v) is 10.0. The maximum atomic E-state index is 14.6. The van der Waals surface area contributed by atoms with Crippen LogP contribution < -0.4 is 5.32 Å². The molecule has 1 aliphatic rings. The molecule has 6 nitrogen and oxygen atoms in total. The predicted molar refractivity (Wildman–Crippen MR) is 149 cm³/mol. The molecule has 40 heavy (non-hydrogen) atoms. The number of hydrogen-bond donors (Lipinski definition) is 1. The standard InChI is InChI=1S/C31H26ClF2N3O3/c1-40-29(39)15-18-6-8-21-19-12-13-35-26(16-19)22(4-2-3-5-28(38)37-27(21)14-18)25-11-7-20(17-36-25)30-24(33)10-9-23(32)31(30)34/h6-14,16-17,22H,2-5,15H2,1H3,(H,37,38). The van der Waals surface area contributed by atoms with E-state index in [2.05, 4.69) is 15.3 Å². The molecule has 0 aliphatic carbocycles. The Kier molecular flexibility index (Phi) is 8.16. The number of methoxy groups -OCH3 is 1. The van der Waals surface area contributed by atoms with Crippen molar-refractivity contribution in [1.29, 1.82) is 0 Å². The number of halogens is 3. The summed E-state index contributed by atoms with van der Waals surface area (Å²) in [7, 11) is 1.34. The van der Waals surface area contributed by atoms with Crippen molar-refractivity contribution in [3.63, 3.8) is 0 Å². The highest BCUT2D eigenvalue weighted by Gasteiger charge is 2.22. The Morgan fingerprint density at radius 2 is 1.88 bits per heavy atom. The maximum absolute atomic E-state index is 14.6. The molecular formula is C31H26ClF2N3O3. The van der Waals surface area contributed by atoms with E-state index >= 15 is 0 Å². The van der Waals surface area contributed by atoms with Gasteiger partial charge in [0.05, 0.1) is 24.1 Å². The smallest absolute Gasteiger partial charge is 0.309 e. The molecule has 1 N–H and O–H groups in total. The number of carbonyl (C=O) groups is 2. The molecule has 2 bridgehead atoms. The second kappa shape index (κ2) is 11.9. The van der Waals surface area contributed by atoms with Gasteiger partial charge in [-0.05, 0) is 60.4 Å². The van der Waals surface area contributed by atoms with Gasteiger partial charge in [0.1, 0.15) is 5.82 Å². The van der Waals surface area contributed by atoms with Crippen molar-refractivity contribution in [3.05, 3.63) is 101 Å². The van der Waals surface area contributed by atoms with Gasteiger partial charge in [0, 0.05) is 52.9 Å². The third-order valence-corrected chi connectivity index (χ3v) is 7.30. The Labute approximate surface area is 235 Å². The average molecular weight is 562 g/mol. The monoisotopic (exact) mass is 561 g/mol. The minimum Gasteiger partial charge on any atom is -0.469 e. The summed E-state index contributed by atoms with van der Waals surface area (Å²) in [5.74, 6) is -2.23. The summed E-state index contributed by atoms with van der Waals surface area (Å²) in [6.45, 7) is 0. The van der Waals surface area contributed by atoms with E-state index in [-0.39, 0.29) is 40.4 Å². The lowest BCUT2D eigenvalue weighted by molar-refractivity contribution is -0.139. The number of aromatic nitrogens is 2. The fraction of sp³-hybridized carbons (Fsp3) is 0.226. The van der Waals surface area contributed by atoms with Crippen LogP contribution in [0.4, 0.5) is 14.5 Å². The Balaban J connectivity index is 1.53. The van der Waals surface area contributed by atoms with E-state index in [1.54, 1.807) is 24.4 Å². The van der Waals surface area contributed by atoms with Crippen LogP contribution in [0.2, 0.25) is 5.02 Å². The Hall–Kier alpha value is -4.17. The second-order valence-electron chi connectivity index (χ2n) is 9.64. The van der Waals surface area contributed by atoms with Crippen molar-refractivity contribution in [2.75, 3.05) is 12.4 Å². The van der Waals surface area contributed by atoms with Gasteiger partial charge in [0.2, 0.25) is 5.91 Å². The van der Waals surface area contributed by atoms with Crippen LogP contribution in [0.25, 0.3) is 22.3 Å². The number of amides is 1. The van der Waals surface area contributed by atoms with E-state index in [0.29, 0.717) is 30.6 Å². The fourth-order valence-corrected chi connectivity index (χ4v) is 5.10. The molecule has 0 radical (unpaired) electrons. The molecule has 1 unspecified atom stereocenters. The number of pyridine rings is 2. The molecule has 2 aromatic heterocycles. The number of anilines is 1. The lowest BCUT2D eigenvalue weighted by atomic mass is 9.90. The zero-order chi connectivity index (χ0) is 28.2. The van der Waals surface area contributed by atoms with Gasteiger partial charge in [0.25, 0.3) is 0 Å². The molecule has 3 heterocycles. The first-order valence-corrected chi connectivity index (χ1v) is 13.3. The summed E-state index contributed by atoms with van der Waals surface area (Å²) in [5, 5.41) is 2.84. The fourth-order valence-electron chi connectivity index (χ4n) is 4.95. The first kappa shape index (κ1) is 27.4. The lowest BCUT2D eigenvalue weighted by Gasteiger charge is -2.20. The van der Waals surface area contributed by atoms with E-state index in [1.165, 1.54) is 19.4 Å². The van der Waals surface area contributed by atoms with Gasteiger partial charge in [-0.15, -0.1) is 0 Å². The Morgan fingerprint density at radius 3 is 2.65 bits per heavy atom. The van der Waals surface area contributed by atoms with Crippen LogP contribution in [-0.2, 0) is 20.7 Å². The van der Waals surface area contributed by atoms with Gasteiger partial charge >= 0.3 is 5.97 Å². The largest absolute Gasteiger partial charge is 0.469 e. The highest BCUT2D eigenvalue weighted by atomic mass is 35.5. The normalized spacial score (nSPS) is 15.3. The molecule has 0 saturated heterocycles. The number of esters is 1. The van der Waals surface area contributed by atoms with Gasteiger partial charge in [-0.1, -0.05) is 36.2 Å². The van der Waals surface area contributed by atoms with Crippen molar-refractivity contribution in [1.82, 2.24) is 9.97 Å². The number of hydrogen-bond acceptors (Lipinski definition) is 5. The summed E-state index contributed by atoms with van der Waals surface area (Å²) in [4.78, 5) is 33.8. The van der Waals surface area contributed by atoms with Crippen molar-refractivity contribution in [2.24, 2.45) is 0 Å². The van der Waals surface area contributed by atoms with Gasteiger partial charge < -0.3 is 10.1 Å². The molecular weight excluding hydrogens is 536 g/mol. The zero-order valence-corrected chi connectivity index (χ0v) is 22.5. The highest BCUT2D eigenvalue weighted by Crippen LogP contribution is 2.36. The third-order valence-electron chi connectivity index (χ3n) is 7.01. The molecule has 1 atom stereocenters. The average Bonchev–Trinajstić information content (AvgIpc) is 2.95. The number of benzene rings is 2. The van der Waals surface area contributed by atoms with Crippen LogP contribution in [0.1, 0.15) is 48.6 Å². The number of fused-ring (bicyclic) bond motifs is 4. The topological polar surface area (TPSA) is 81.2 Å². The summed E-state index contributed by atoms with van der Waals surface area (Å²) in [6, 6.07) is 15.0. The summed E-state index contributed by atoms with van der Waals surface area (Å²) >= 11 is 5.88. The maximum Gasteiger partial charge on any atom is 0.309 e. The first-order valence-electron chi connectivity index (χ1n) is 12.9.